The molecule has 2 rings (SSSR count). The van der Waals surface area contributed by atoms with Gasteiger partial charge in [0.05, 0.1) is 12.0 Å². The summed E-state index contributed by atoms with van der Waals surface area (Å²) in [5.74, 6) is -0.0242. The fraction of sp³-hybridized carbons (Fsp3) is 0.353. The first kappa shape index (κ1) is 18.3. The van der Waals surface area contributed by atoms with E-state index in [-0.39, 0.29) is 18.7 Å². The van der Waals surface area contributed by atoms with Crippen LogP contribution in [0.2, 0.25) is 0 Å². The van der Waals surface area contributed by atoms with Crippen LogP contribution in [0.3, 0.4) is 0 Å². The zero-order chi connectivity index (χ0) is 18.4. The van der Waals surface area contributed by atoms with Gasteiger partial charge in [-0.2, -0.15) is 0 Å². The van der Waals surface area contributed by atoms with E-state index in [1.54, 1.807) is 39.0 Å². The summed E-state index contributed by atoms with van der Waals surface area (Å²) < 4.78 is 10.3. The molecule has 0 saturated heterocycles. The third-order valence-electron chi connectivity index (χ3n) is 3.02. The quantitative estimate of drug-likeness (QED) is 0.715. The fourth-order valence-electron chi connectivity index (χ4n) is 1.98. The Hall–Kier alpha value is -3.03. The number of aromatic amines is 1. The van der Waals surface area contributed by atoms with Gasteiger partial charge in [0.2, 0.25) is 0 Å². The van der Waals surface area contributed by atoms with Crippen LogP contribution in [-0.2, 0) is 4.74 Å². The van der Waals surface area contributed by atoms with Gasteiger partial charge in [0, 0.05) is 13.1 Å². The average Bonchev–Trinajstić information content (AvgIpc) is 3.04. The van der Waals surface area contributed by atoms with E-state index >= 15 is 0 Å². The van der Waals surface area contributed by atoms with Crippen molar-refractivity contribution in [3.8, 4) is 11.5 Å². The lowest BCUT2D eigenvalue weighted by atomic mass is 10.2. The number of H-pyrrole nitrogens is 1. The van der Waals surface area contributed by atoms with Crippen molar-refractivity contribution in [2.75, 3.05) is 13.1 Å². The number of pyridine rings is 1. The van der Waals surface area contributed by atoms with E-state index in [0.717, 1.165) is 0 Å². The van der Waals surface area contributed by atoms with Crippen LogP contribution in [-0.4, -0.2) is 35.7 Å². The van der Waals surface area contributed by atoms with E-state index in [0.29, 0.717) is 11.5 Å². The second kappa shape index (κ2) is 7.69. The Bertz CT molecular complexity index is 787. The van der Waals surface area contributed by atoms with E-state index in [4.69, 9.17) is 9.15 Å². The Morgan fingerprint density at radius 3 is 2.48 bits per heavy atom. The third-order valence-corrected chi connectivity index (χ3v) is 3.02. The SMILES string of the molecule is CC(C)(C)OC(=O)NCCNC(=O)c1ccc(-c2ccco2)[nH]c1=O. The van der Waals surface area contributed by atoms with E-state index < -0.39 is 23.2 Å². The number of amides is 2. The summed E-state index contributed by atoms with van der Waals surface area (Å²) in [6.07, 6.45) is 0.925. The second-order valence-corrected chi connectivity index (χ2v) is 6.28. The predicted molar refractivity (Wildman–Crippen MR) is 91.3 cm³/mol. The lowest BCUT2D eigenvalue weighted by Gasteiger charge is -2.19. The molecule has 0 spiro atoms. The predicted octanol–water partition coefficient (Wildman–Crippen LogP) is 1.89. The highest BCUT2D eigenvalue weighted by Crippen LogP contribution is 2.15. The molecule has 25 heavy (non-hydrogen) atoms. The standard InChI is InChI=1S/C17H21N3O5/c1-17(2,3)25-16(23)19-9-8-18-14(21)11-6-7-12(20-15(11)22)13-5-4-10-24-13/h4-7,10H,8-9H2,1-3H3,(H,18,21)(H,19,23)(H,20,22). The summed E-state index contributed by atoms with van der Waals surface area (Å²) in [6.45, 7) is 5.62. The van der Waals surface area contributed by atoms with Crippen LogP contribution < -0.4 is 16.2 Å². The first-order valence-corrected chi connectivity index (χ1v) is 7.78. The summed E-state index contributed by atoms with van der Waals surface area (Å²) in [6, 6.07) is 6.42. The minimum absolute atomic E-state index is 0.0208. The van der Waals surface area contributed by atoms with Crippen molar-refractivity contribution in [3.05, 3.63) is 46.4 Å². The lowest BCUT2D eigenvalue weighted by molar-refractivity contribution is 0.0526. The van der Waals surface area contributed by atoms with Crippen LogP contribution in [0, 0.1) is 0 Å². The molecule has 0 saturated carbocycles. The molecule has 0 aromatic carbocycles. The van der Waals surface area contributed by atoms with Crippen LogP contribution in [0.1, 0.15) is 31.1 Å². The number of hydrogen-bond acceptors (Lipinski definition) is 5. The largest absolute Gasteiger partial charge is 0.463 e. The maximum Gasteiger partial charge on any atom is 0.407 e. The molecular weight excluding hydrogens is 326 g/mol. The molecule has 3 N–H and O–H groups in total. The van der Waals surface area contributed by atoms with Gasteiger partial charge in [0.25, 0.3) is 11.5 Å². The molecule has 2 aromatic heterocycles. The minimum atomic E-state index is -0.587. The molecule has 0 bridgehead atoms. The van der Waals surface area contributed by atoms with E-state index in [9.17, 15) is 14.4 Å². The zero-order valence-electron chi connectivity index (χ0n) is 14.3. The second-order valence-electron chi connectivity index (χ2n) is 6.28. The number of rotatable bonds is 5. The highest BCUT2D eigenvalue weighted by Gasteiger charge is 2.16. The first-order valence-electron chi connectivity index (χ1n) is 7.78. The van der Waals surface area contributed by atoms with Crippen LogP contribution in [0.4, 0.5) is 4.79 Å². The highest BCUT2D eigenvalue weighted by molar-refractivity contribution is 5.94. The molecule has 0 radical (unpaired) electrons. The molecule has 0 atom stereocenters. The molecule has 134 valence electrons. The number of hydrogen-bond donors (Lipinski definition) is 3. The van der Waals surface area contributed by atoms with Gasteiger partial charge in [-0.1, -0.05) is 0 Å². The van der Waals surface area contributed by atoms with Crippen LogP contribution in [0.5, 0.6) is 0 Å². The van der Waals surface area contributed by atoms with Crippen LogP contribution >= 0.6 is 0 Å². The number of ether oxygens (including phenoxy) is 1. The van der Waals surface area contributed by atoms with Crippen molar-refractivity contribution in [2.45, 2.75) is 26.4 Å². The number of furan rings is 1. The van der Waals surface area contributed by atoms with Gasteiger partial charge in [-0.3, -0.25) is 9.59 Å². The molecular formula is C17H21N3O5. The molecule has 8 heteroatoms. The van der Waals surface area contributed by atoms with Crippen molar-refractivity contribution in [1.82, 2.24) is 15.6 Å². The van der Waals surface area contributed by atoms with Gasteiger partial charge in [-0.25, -0.2) is 4.79 Å². The number of carbonyl (C=O) groups is 2. The fourth-order valence-corrected chi connectivity index (χ4v) is 1.98. The van der Waals surface area contributed by atoms with Gasteiger partial charge >= 0.3 is 6.09 Å². The van der Waals surface area contributed by atoms with E-state index in [1.165, 1.54) is 12.3 Å². The summed E-state index contributed by atoms with van der Waals surface area (Å²) in [5, 5.41) is 5.07. The summed E-state index contributed by atoms with van der Waals surface area (Å²) >= 11 is 0. The maximum absolute atomic E-state index is 12.0. The summed E-state index contributed by atoms with van der Waals surface area (Å²) in [4.78, 5) is 38.1. The molecule has 0 aliphatic heterocycles. The Labute approximate surface area is 144 Å². The Morgan fingerprint density at radius 1 is 1.16 bits per heavy atom. The maximum atomic E-state index is 12.0. The van der Waals surface area contributed by atoms with Crippen molar-refractivity contribution in [1.29, 1.82) is 0 Å². The van der Waals surface area contributed by atoms with Gasteiger partial charge in [0.1, 0.15) is 16.9 Å². The number of alkyl carbamates (subject to hydrolysis) is 1. The summed E-state index contributed by atoms with van der Waals surface area (Å²) in [7, 11) is 0. The molecule has 0 fully saturated rings. The number of aromatic nitrogens is 1. The first-order chi connectivity index (χ1) is 11.8. The van der Waals surface area contributed by atoms with Gasteiger partial charge < -0.3 is 24.8 Å². The monoisotopic (exact) mass is 347 g/mol. The highest BCUT2D eigenvalue weighted by atomic mass is 16.6. The molecule has 2 aromatic rings. The summed E-state index contributed by atoms with van der Waals surface area (Å²) in [5.41, 5.74) is -0.645. The smallest absolute Gasteiger partial charge is 0.407 e. The van der Waals surface area contributed by atoms with Crippen LogP contribution in [0.25, 0.3) is 11.5 Å². The van der Waals surface area contributed by atoms with Gasteiger partial charge in [-0.15, -0.1) is 0 Å². The van der Waals surface area contributed by atoms with E-state index in [2.05, 4.69) is 15.6 Å². The van der Waals surface area contributed by atoms with Crippen molar-refractivity contribution in [3.63, 3.8) is 0 Å². The number of carbonyl (C=O) groups excluding carboxylic acids is 2. The Kier molecular flexibility index (Phi) is 5.63. The Balaban J connectivity index is 1.85. The van der Waals surface area contributed by atoms with Crippen molar-refractivity contribution < 1.29 is 18.7 Å². The lowest BCUT2D eigenvalue weighted by Crippen LogP contribution is -2.38. The third kappa shape index (κ3) is 5.52. The average molecular weight is 347 g/mol. The topological polar surface area (TPSA) is 113 Å². The molecule has 8 nitrogen and oxygen atoms in total. The van der Waals surface area contributed by atoms with E-state index in [1.807, 2.05) is 0 Å². The van der Waals surface area contributed by atoms with Crippen LogP contribution in [0.15, 0.2) is 39.7 Å². The van der Waals surface area contributed by atoms with Crippen molar-refractivity contribution in [2.24, 2.45) is 0 Å². The Morgan fingerprint density at radius 2 is 1.88 bits per heavy atom. The normalized spacial score (nSPS) is 11.0. The molecule has 2 amide bonds. The molecule has 2 heterocycles. The van der Waals surface area contributed by atoms with Crippen molar-refractivity contribution >= 4 is 12.0 Å². The van der Waals surface area contributed by atoms with Gasteiger partial charge in [0.15, 0.2) is 0 Å². The zero-order valence-corrected chi connectivity index (χ0v) is 14.3. The molecule has 0 aliphatic rings. The number of nitrogens with one attached hydrogen (secondary N) is 3. The molecule has 0 unspecified atom stereocenters. The van der Waals surface area contributed by atoms with Gasteiger partial charge in [-0.05, 0) is 45.0 Å². The molecule has 0 aliphatic carbocycles. The minimum Gasteiger partial charge on any atom is -0.463 e.